The molecule has 0 N–H and O–H groups in total. The largest absolute Gasteiger partial charge is 0.309 e. The van der Waals surface area contributed by atoms with E-state index in [-0.39, 0.29) is 5.41 Å². The average molecular weight is 667 g/mol. The first kappa shape index (κ1) is 30.2. The summed E-state index contributed by atoms with van der Waals surface area (Å²) in [6.45, 7) is 4.61. The highest BCUT2D eigenvalue weighted by Crippen LogP contribution is 2.51. The second-order valence-electron chi connectivity index (χ2n) is 14.0. The Morgan fingerprint density at radius 1 is 0.404 bits per heavy atom. The molecule has 0 spiro atoms. The Morgan fingerprint density at radius 2 is 0.942 bits per heavy atom. The molecule has 7 aromatic carbocycles. The molecule has 0 atom stereocenters. The zero-order valence-electron chi connectivity index (χ0n) is 29.0. The first-order valence-corrected chi connectivity index (χ1v) is 17.8. The third kappa shape index (κ3) is 4.65. The highest BCUT2D eigenvalue weighted by atomic mass is 15.0. The molecule has 4 nitrogen and oxygen atoms in total. The fourth-order valence-corrected chi connectivity index (χ4v) is 8.28. The van der Waals surface area contributed by atoms with Crippen molar-refractivity contribution in [1.29, 1.82) is 0 Å². The van der Waals surface area contributed by atoms with Crippen LogP contribution in [0.25, 0.3) is 83.9 Å². The Kier molecular flexibility index (Phi) is 6.80. The van der Waals surface area contributed by atoms with Crippen LogP contribution in [-0.2, 0) is 5.41 Å². The molecule has 0 bridgehead atoms. The maximum atomic E-state index is 5.32. The summed E-state index contributed by atoms with van der Waals surface area (Å²) in [6, 6.07) is 60.0. The van der Waals surface area contributed by atoms with Crippen molar-refractivity contribution in [2.45, 2.75) is 19.3 Å². The van der Waals surface area contributed by atoms with Gasteiger partial charge in [-0.3, -0.25) is 0 Å². The summed E-state index contributed by atoms with van der Waals surface area (Å²) < 4.78 is 2.39. The molecule has 0 aliphatic heterocycles. The Hall–Kier alpha value is -6.65. The third-order valence-electron chi connectivity index (χ3n) is 10.7. The lowest BCUT2D eigenvalue weighted by Crippen LogP contribution is -2.17. The van der Waals surface area contributed by atoms with Crippen LogP contribution in [0.2, 0.25) is 0 Å². The number of aromatic nitrogens is 4. The predicted octanol–water partition coefficient (Wildman–Crippen LogP) is 11.9. The van der Waals surface area contributed by atoms with E-state index in [9.17, 15) is 0 Å². The molecule has 246 valence electrons. The molecule has 2 heterocycles. The van der Waals surface area contributed by atoms with Crippen LogP contribution in [0, 0.1) is 0 Å². The zero-order valence-corrected chi connectivity index (χ0v) is 29.0. The van der Waals surface area contributed by atoms with Crippen molar-refractivity contribution in [3.63, 3.8) is 0 Å². The molecule has 0 radical (unpaired) electrons. The van der Waals surface area contributed by atoms with Crippen LogP contribution in [0.15, 0.2) is 170 Å². The van der Waals surface area contributed by atoms with Crippen LogP contribution in [0.3, 0.4) is 0 Å². The van der Waals surface area contributed by atoms with Crippen molar-refractivity contribution < 1.29 is 0 Å². The first-order chi connectivity index (χ1) is 25.6. The van der Waals surface area contributed by atoms with Crippen molar-refractivity contribution in [3.8, 4) is 62.1 Å². The average Bonchev–Trinajstić information content (AvgIpc) is 3.67. The SMILES string of the molecule is CC1(C)c2ccccc2-c2cccc(-c3nc(-c4ccccc4)nc(-c4ccc(-c5ccccc5)c(-n5c6ccccc6c6ccccc65)c4)n3)c21. The number of benzene rings is 7. The Morgan fingerprint density at radius 3 is 1.65 bits per heavy atom. The lowest BCUT2D eigenvalue weighted by molar-refractivity contribution is 0.661. The van der Waals surface area contributed by atoms with Crippen molar-refractivity contribution in [1.82, 2.24) is 19.5 Å². The summed E-state index contributed by atoms with van der Waals surface area (Å²) >= 11 is 0. The molecule has 10 rings (SSSR count). The molecule has 9 aromatic rings. The molecule has 1 aliphatic rings. The van der Waals surface area contributed by atoms with Crippen LogP contribution < -0.4 is 0 Å². The van der Waals surface area contributed by atoms with Crippen LogP contribution in [-0.4, -0.2) is 19.5 Å². The van der Waals surface area contributed by atoms with Gasteiger partial charge in [0.2, 0.25) is 0 Å². The number of fused-ring (bicyclic) bond motifs is 6. The Labute approximate surface area is 302 Å². The fraction of sp³-hybridized carbons (Fsp3) is 0.0625. The molecule has 2 aromatic heterocycles. The van der Waals surface area contributed by atoms with Gasteiger partial charge in [-0.2, -0.15) is 0 Å². The highest BCUT2D eigenvalue weighted by Gasteiger charge is 2.38. The standard InChI is InChI=1S/C48H34N4/c1-48(2)40-25-12-9-20-35(40)38-23-15-24-39(44(38)48)47-50-45(32-18-7-4-8-19-32)49-46(51-47)33-28-29-34(31-16-5-3-6-17-31)43(30-33)52-41-26-13-10-21-36(41)37-22-11-14-27-42(37)52/h3-30H,1-2H3. The molecule has 52 heavy (non-hydrogen) atoms. The van der Waals surface area contributed by atoms with Gasteiger partial charge in [0.1, 0.15) is 0 Å². The second-order valence-corrected chi connectivity index (χ2v) is 14.0. The van der Waals surface area contributed by atoms with E-state index in [1.807, 2.05) is 18.2 Å². The Bertz CT molecular complexity index is 2760. The van der Waals surface area contributed by atoms with E-state index >= 15 is 0 Å². The molecule has 0 saturated heterocycles. The van der Waals surface area contributed by atoms with Gasteiger partial charge in [-0.05, 0) is 46.0 Å². The summed E-state index contributed by atoms with van der Waals surface area (Å²) in [6.07, 6.45) is 0. The van der Waals surface area contributed by atoms with Gasteiger partial charge < -0.3 is 4.57 Å². The van der Waals surface area contributed by atoms with E-state index in [0.717, 1.165) is 44.5 Å². The van der Waals surface area contributed by atoms with E-state index < -0.39 is 0 Å². The molecule has 1 aliphatic carbocycles. The maximum absolute atomic E-state index is 5.32. The number of para-hydroxylation sites is 2. The minimum absolute atomic E-state index is 0.219. The smallest absolute Gasteiger partial charge is 0.164 e. The van der Waals surface area contributed by atoms with Gasteiger partial charge in [0.05, 0.1) is 16.7 Å². The summed E-state index contributed by atoms with van der Waals surface area (Å²) in [7, 11) is 0. The molecule has 4 heteroatoms. The molecule has 0 saturated carbocycles. The summed E-state index contributed by atoms with van der Waals surface area (Å²) in [5.74, 6) is 1.96. The van der Waals surface area contributed by atoms with Gasteiger partial charge in [0, 0.05) is 38.4 Å². The maximum Gasteiger partial charge on any atom is 0.164 e. The molecule has 0 fully saturated rings. The van der Waals surface area contributed by atoms with Crippen LogP contribution in [0.5, 0.6) is 0 Å². The number of hydrogen-bond donors (Lipinski definition) is 0. The number of rotatable bonds is 5. The second kappa shape index (κ2) is 11.7. The predicted molar refractivity (Wildman–Crippen MR) is 213 cm³/mol. The normalized spacial score (nSPS) is 13.0. The third-order valence-corrected chi connectivity index (χ3v) is 10.7. The van der Waals surface area contributed by atoms with Crippen LogP contribution in [0.1, 0.15) is 25.0 Å². The number of hydrogen-bond acceptors (Lipinski definition) is 3. The van der Waals surface area contributed by atoms with Crippen molar-refractivity contribution in [2.75, 3.05) is 0 Å². The lowest BCUT2D eigenvalue weighted by Gasteiger charge is -2.24. The van der Waals surface area contributed by atoms with E-state index in [1.165, 1.54) is 33.0 Å². The van der Waals surface area contributed by atoms with Crippen LogP contribution in [0.4, 0.5) is 0 Å². The van der Waals surface area contributed by atoms with Gasteiger partial charge in [-0.25, -0.2) is 15.0 Å². The van der Waals surface area contributed by atoms with E-state index in [0.29, 0.717) is 17.5 Å². The van der Waals surface area contributed by atoms with Gasteiger partial charge in [-0.1, -0.05) is 166 Å². The van der Waals surface area contributed by atoms with Gasteiger partial charge >= 0.3 is 0 Å². The van der Waals surface area contributed by atoms with Gasteiger partial charge in [0.25, 0.3) is 0 Å². The minimum atomic E-state index is -0.219. The van der Waals surface area contributed by atoms with E-state index in [2.05, 4.69) is 170 Å². The van der Waals surface area contributed by atoms with Gasteiger partial charge in [-0.15, -0.1) is 0 Å². The lowest BCUT2D eigenvalue weighted by atomic mass is 9.80. The zero-order chi connectivity index (χ0) is 34.8. The minimum Gasteiger partial charge on any atom is -0.309 e. The summed E-state index contributed by atoms with van der Waals surface area (Å²) in [5.41, 5.74) is 13.4. The van der Waals surface area contributed by atoms with E-state index in [4.69, 9.17) is 15.0 Å². The quantitative estimate of drug-likeness (QED) is 0.184. The molecule has 0 unspecified atom stereocenters. The number of nitrogens with zero attached hydrogens (tertiary/aromatic N) is 4. The highest BCUT2D eigenvalue weighted by molar-refractivity contribution is 6.09. The summed E-state index contributed by atoms with van der Waals surface area (Å²) in [5, 5.41) is 2.44. The molecular formula is C48H34N4. The molecule has 0 amide bonds. The molecular weight excluding hydrogens is 633 g/mol. The Balaban J connectivity index is 1.24. The van der Waals surface area contributed by atoms with E-state index in [1.54, 1.807) is 0 Å². The van der Waals surface area contributed by atoms with Crippen LogP contribution >= 0.6 is 0 Å². The van der Waals surface area contributed by atoms with Crippen molar-refractivity contribution in [3.05, 3.63) is 181 Å². The summed E-state index contributed by atoms with van der Waals surface area (Å²) in [4.78, 5) is 15.7. The van der Waals surface area contributed by atoms with Gasteiger partial charge in [0.15, 0.2) is 17.5 Å². The topological polar surface area (TPSA) is 43.6 Å². The van der Waals surface area contributed by atoms with Crippen molar-refractivity contribution in [2.24, 2.45) is 0 Å². The van der Waals surface area contributed by atoms with Crippen molar-refractivity contribution >= 4 is 21.8 Å². The monoisotopic (exact) mass is 666 g/mol. The fourth-order valence-electron chi connectivity index (χ4n) is 8.28. The first-order valence-electron chi connectivity index (χ1n) is 17.8.